The molecule has 10 heteroatoms. The van der Waals surface area contributed by atoms with E-state index in [-0.39, 0.29) is 28.0 Å². The van der Waals surface area contributed by atoms with Gasteiger partial charge in [0.1, 0.15) is 10.8 Å². The molecule has 2 N–H and O–H groups in total. The van der Waals surface area contributed by atoms with Crippen LogP contribution in [0.4, 0.5) is 20.6 Å². The van der Waals surface area contributed by atoms with Gasteiger partial charge in [0.05, 0.1) is 11.1 Å². The van der Waals surface area contributed by atoms with E-state index < -0.39 is 5.82 Å². The summed E-state index contributed by atoms with van der Waals surface area (Å²) in [6.45, 7) is 2.51. The standard InChI is InChI=1S/C21H19ClFN5O2S/c1-12-4-6-13(7-5-12)24-18(29)20-27-26-19(31-20)17-3-2-10-28(17)21(30)25-14-8-9-16(23)15(22)11-14/h4-9,11,17H,2-3,10H2,1H3,(H,24,29)(H,25,30)/t17-/m0/s1. The third kappa shape index (κ3) is 4.83. The summed E-state index contributed by atoms with van der Waals surface area (Å²) in [7, 11) is 0. The molecule has 1 aliphatic rings. The molecule has 1 fully saturated rings. The Kier molecular flexibility index (Phi) is 6.15. The fourth-order valence-corrected chi connectivity index (χ4v) is 4.38. The Bertz CT molecular complexity index is 1120. The van der Waals surface area contributed by atoms with Crippen LogP contribution in [0.15, 0.2) is 42.5 Å². The highest BCUT2D eigenvalue weighted by atomic mass is 35.5. The van der Waals surface area contributed by atoms with E-state index in [9.17, 15) is 14.0 Å². The van der Waals surface area contributed by atoms with Crippen LogP contribution in [-0.4, -0.2) is 33.6 Å². The molecule has 0 bridgehead atoms. The van der Waals surface area contributed by atoms with E-state index in [0.29, 0.717) is 29.3 Å². The Morgan fingerprint density at radius 1 is 1.13 bits per heavy atom. The van der Waals surface area contributed by atoms with Gasteiger partial charge in [0.25, 0.3) is 5.91 Å². The minimum absolute atomic E-state index is 0.0656. The van der Waals surface area contributed by atoms with Gasteiger partial charge in [-0.1, -0.05) is 40.6 Å². The number of aryl methyl sites for hydroxylation is 1. The number of rotatable bonds is 4. The molecule has 160 valence electrons. The molecule has 2 aromatic carbocycles. The van der Waals surface area contributed by atoms with E-state index in [1.807, 2.05) is 31.2 Å². The Morgan fingerprint density at radius 3 is 2.61 bits per heavy atom. The van der Waals surface area contributed by atoms with Gasteiger partial charge in [0.15, 0.2) is 0 Å². The molecule has 1 aromatic heterocycles. The first-order valence-corrected chi connectivity index (χ1v) is 10.8. The lowest BCUT2D eigenvalue weighted by molar-refractivity contribution is 0.102. The van der Waals surface area contributed by atoms with Crippen LogP contribution in [0.1, 0.15) is 39.3 Å². The summed E-state index contributed by atoms with van der Waals surface area (Å²) in [5.41, 5.74) is 2.17. The zero-order valence-corrected chi connectivity index (χ0v) is 18.1. The maximum absolute atomic E-state index is 13.3. The van der Waals surface area contributed by atoms with Gasteiger partial charge in [-0.15, -0.1) is 10.2 Å². The van der Waals surface area contributed by atoms with Gasteiger partial charge < -0.3 is 15.5 Å². The minimum atomic E-state index is -0.552. The van der Waals surface area contributed by atoms with E-state index in [4.69, 9.17) is 11.6 Å². The second-order valence-corrected chi connectivity index (χ2v) is 8.59. The number of carbonyl (C=O) groups is 2. The highest BCUT2D eigenvalue weighted by Crippen LogP contribution is 2.34. The van der Waals surface area contributed by atoms with Gasteiger partial charge in [-0.25, -0.2) is 9.18 Å². The average molecular weight is 460 g/mol. The van der Waals surface area contributed by atoms with Crippen molar-refractivity contribution in [1.82, 2.24) is 15.1 Å². The molecular weight excluding hydrogens is 441 g/mol. The fourth-order valence-electron chi connectivity index (χ4n) is 3.32. The van der Waals surface area contributed by atoms with Crippen LogP contribution < -0.4 is 10.6 Å². The van der Waals surface area contributed by atoms with Crippen molar-refractivity contribution in [2.24, 2.45) is 0 Å². The molecule has 3 aromatic rings. The van der Waals surface area contributed by atoms with Crippen LogP contribution in [0.25, 0.3) is 0 Å². The second-order valence-electron chi connectivity index (χ2n) is 7.18. The first-order valence-electron chi connectivity index (χ1n) is 9.65. The predicted molar refractivity (Wildman–Crippen MR) is 118 cm³/mol. The number of carbonyl (C=O) groups excluding carboxylic acids is 2. The van der Waals surface area contributed by atoms with Crippen molar-refractivity contribution in [3.63, 3.8) is 0 Å². The lowest BCUT2D eigenvalue weighted by Gasteiger charge is -2.23. The molecular formula is C21H19ClFN5O2S. The molecule has 1 atom stereocenters. The van der Waals surface area contributed by atoms with Gasteiger partial charge in [0, 0.05) is 17.9 Å². The Labute approximate surface area is 187 Å². The SMILES string of the molecule is Cc1ccc(NC(=O)c2nnc([C@@H]3CCCN3C(=O)Nc3ccc(F)c(Cl)c3)s2)cc1. The van der Waals surface area contributed by atoms with E-state index in [2.05, 4.69) is 20.8 Å². The monoisotopic (exact) mass is 459 g/mol. The van der Waals surface area contributed by atoms with Crippen molar-refractivity contribution >= 4 is 46.3 Å². The number of urea groups is 1. The summed E-state index contributed by atoms with van der Waals surface area (Å²) in [4.78, 5) is 26.9. The molecule has 0 unspecified atom stereocenters. The summed E-state index contributed by atoms with van der Waals surface area (Å²) in [5.74, 6) is -0.897. The number of aromatic nitrogens is 2. The van der Waals surface area contributed by atoms with Gasteiger partial charge in [0.2, 0.25) is 5.01 Å². The molecule has 0 aliphatic carbocycles. The van der Waals surface area contributed by atoms with Crippen molar-refractivity contribution in [3.05, 3.63) is 68.9 Å². The topological polar surface area (TPSA) is 87.2 Å². The molecule has 0 spiro atoms. The summed E-state index contributed by atoms with van der Waals surface area (Å²) in [5, 5.41) is 14.5. The van der Waals surface area contributed by atoms with Crippen LogP contribution in [0.3, 0.4) is 0 Å². The molecule has 31 heavy (non-hydrogen) atoms. The third-order valence-corrected chi connectivity index (χ3v) is 6.23. The summed E-state index contributed by atoms with van der Waals surface area (Å²) in [6, 6.07) is 10.8. The van der Waals surface area contributed by atoms with Crippen LogP contribution >= 0.6 is 22.9 Å². The summed E-state index contributed by atoms with van der Waals surface area (Å²) in [6.07, 6.45) is 1.51. The Morgan fingerprint density at radius 2 is 1.87 bits per heavy atom. The van der Waals surface area contributed by atoms with E-state index in [1.54, 1.807) is 4.90 Å². The van der Waals surface area contributed by atoms with Crippen LogP contribution in [0.5, 0.6) is 0 Å². The highest BCUT2D eigenvalue weighted by Gasteiger charge is 2.33. The largest absolute Gasteiger partial charge is 0.322 e. The third-order valence-electron chi connectivity index (χ3n) is 4.91. The molecule has 1 aliphatic heterocycles. The molecule has 0 saturated carbocycles. The van der Waals surface area contributed by atoms with Crippen molar-refractivity contribution in [2.75, 3.05) is 17.2 Å². The molecule has 3 amide bonds. The zero-order chi connectivity index (χ0) is 22.0. The Balaban J connectivity index is 1.44. The number of hydrogen-bond donors (Lipinski definition) is 2. The Hall–Kier alpha value is -3.04. The normalized spacial score (nSPS) is 15.7. The first-order chi connectivity index (χ1) is 14.9. The molecule has 7 nitrogen and oxygen atoms in total. The molecule has 2 heterocycles. The number of nitrogens with one attached hydrogen (secondary N) is 2. The van der Waals surface area contributed by atoms with Crippen molar-refractivity contribution < 1.29 is 14.0 Å². The maximum Gasteiger partial charge on any atom is 0.322 e. The smallest absolute Gasteiger partial charge is 0.320 e. The average Bonchev–Trinajstić information content (AvgIpc) is 3.42. The summed E-state index contributed by atoms with van der Waals surface area (Å²) >= 11 is 6.95. The van der Waals surface area contributed by atoms with Crippen LogP contribution in [0, 0.1) is 12.7 Å². The van der Waals surface area contributed by atoms with Crippen LogP contribution in [0.2, 0.25) is 5.02 Å². The number of likely N-dealkylation sites (tertiary alicyclic amines) is 1. The predicted octanol–water partition coefficient (Wildman–Crippen LogP) is 5.26. The number of anilines is 2. The van der Waals surface area contributed by atoms with Crippen molar-refractivity contribution in [1.29, 1.82) is 0 Å². The quantitative estimate of drug-likeness (QED) is 0.557. The van der Waals surface area contributed by atoms with Gasteiger partial charge >= 0.3 is 6.03 Å². The molecule has 1 saturated heterocycles. The highest BCUT2D eigenvalue weighted by molar-refractivity contribution is 7.13. The minimum Gasteiger partial charge on any atom is -0.320 e. The van der Waals surface area contributed by atoms with E-state index in [0.717, 1.165) is 12.0 Å². The lowest BCUT2D eigenvalue weighted by Crippen LogP contribution is -2.34. The second kappa shape index (κ2) is 8.99. The van der Waals surface area contributed by atoms with Crippen LogP contribution in [-0.2, 0) is 0 Å². The number of benzene rings is 2. The molecule has 0 radical (unpaired) electrons. The maximum atomic E-state index is 13.3. The van der Waals surface area contributed by atoms with Crippen molar-refractivity contribution in [3.8, 4) is 0 Å². The number of nitrogens with zero attached hydrogens (tertiary/aromatic N) is 3. The van der Waals surface area contributed by atoms with Gasteiger partial charge in [-0.05, 0) is 50.1 Å². The first kappa shape index (κ1) is 21.2. The number of amides is 3. The van der Waals surface area contributed by atoms with Gasteiger partial charge in [-0.3, -0.25) is 4.79 Å². The van der Waals surface area contributed by atoms with E-state index >= 15 is 0 Å². The lowest BCUT2D eigenvalue weighted by atomic mass is 10.2. The summed E-state index contributed by atoms with van der Waals surface area (Å²) < 4.78 is 13.3. The number of hydrogen-bond acceptors (Lipinski definition) is 5. The molecule has 4 rings (SSSR count). The number of halogens is 2. The van der Waals surface area contributed by atoms with Gasteiger partial charge in [-0.2, -0.15) is 0 Å². The zero-order valence-electron chi connectivity index (χ0n) is 16.6. The van der Waals surface area contributed by atoms with Crippen molar-refractivity contribution in [2.45, 2.75) is 25.8 Å². The fraction of sp³-hybridized carbons (Fsp3) is 0.238. The van der Waals surface area contributed by atoms with E-state index in [1.165, 1.54) is 29.5 Å².